The molecule has 2 amide bonds. The number of nitrogens with zero attached hydrogens (tertiary/aromatic N) is 5. The molecule has 9 nitrogen and oxygen atoms in total. The summed E-state index contributed by atoms with van der Waals surface area (Å²) in [4.78, 5) is 34.7. The van der Waals surface area contributed by atoms with Gasteiger partial charge in [-0.25, -0.2) is 0 Å². The van der Waals surface area contributed by atoms with Gasteiger partial charge in [0.05, 0.1) is 12.8 Å². The number of hydrogen-bond donors (Lipinski definition) is 0. The summed E-state index contributed by atoms with van der Waals surface area (Å²) in [6.07, 6.45) is 2.26. The highest BCUT2D eigenvalue weighted by Crippen LogP contribution is 2.16. The van der Waals surface area contributed by atoms with Gasteiger partial charge in [0.15, 0.2) is 5.76 Å². The molecular formula is C19H27N5O4. The summed E-state index contributed by atoms with van der Waals surface area (Å²) < 4.78 is 10.4. The molecule has 0 saturated carbocycles. The Hall–Kier alpha value is -2.68. The van der Waals surface area contributed by atoms with Crippen molar-refractivity contribution in [1.82, 2.24) is 24.8 Å². The van der Waals surface area contributed by atoms with E-state index in [9.17, 15) is 9.59 Å². The molecule has 2 aromatic rings. The number of amides is 2. The van der Waals surface area contributed by atoms with Crippen LogP contribution >= 0.6 is 0 Å². The Kier molecular flexibility index (Phi) is 6.80. The van der Waals surface area contributed by atoms with Gasteiger partial charge in [-0.1, -0.05) is 5.16 Å². The average molecular weight is 389 g/mol. The molecule has 0 aliphatic carbocycles. The van der Waals surface area contributed by atoms with Gasteiger partial charge in [-0.3, -0.25) is 14.5 Å². The van der Waals surface area contributed by atoms with Crippen LogP contribution in [0.5, 0.6) is 0 Å². The number of furan rings is 1. The number of aromatic nitrogens is 2. The number of likely N-dealkylation sites (N-methyl/N-ethyl adjacent to an activating group) is 1. The van der Waals surface area contributed by atoms with E-state index in [4.69, 9.17) is 8.94 Å². The van der Waals surface area contributed by atoms with Crippen LogP contribution in [0.3, 0.4) is 0 Å². The summed E-state index contributed by atoms with van der Waals surface area (Å²) in [5.74, 6) is 1.56. The number of hydrogen-bond acceptors (Lipinski definition) is 7. The van der Waals surface area contributed by atoms with Crippen molar-refractivity contribution < 1.29 is 18.5 Å². The van der Waals surface area contributed by atoms with Gasteiger partial charge in [0.25, 0.3) is 0 Å². The summed E-state index contributed by atoms with van der Waals surface area (Å²) in [6, 6.07) is 3.51. The van der Waals surface area contributed by atoms with Crippen LogP contribution in [0, 0.1) is 0 Å². The fourth-order valence-electron chi connectivity index (χ4n) is 3.26. The summed E-state index contributed by atoms with van der Waals surface area (Å²) in [7, 11) is 0. The van der Waals surface area contributed by atoms with Crippen LogP contribution in [-0.2, 0) is 16.0 Å². The molecule has 9 heteroatoms. The summed E-state index contributed by atoms with van der Waals surface area (Å²) in [5.41, 5.74) is 0. The molecule has 3 heterocycles. The molecule has 0 N–H and O–H groups in total. The minimum absolute atomic E-state index is 0.0625. The Morgan fingerprint density at radius 1 is 1.18 bits per heavy atom. The van der Waals surface area contributed by atoms with Gasteiger partial charge < -0.3 is 18.7 Å². The van der Waals surface area contributed by atoms with Crippen LogP contribution in [0.4, 0.5) is 0 Å². The molecular weight excluding hydrogens is 362 g/mol. The fourth-order valence-corrected chi connectivity index (χ4v) is 3.26. The van der Waals surface area contributed by atoms with Crippen LogP contribution in [0.25, 0.3) is 11.6 Å². The molecule has 3 rings (SSSR count). The minimum atomic E-state index is 0.0625. The minimum Gasteiger partial charge on any atom is -0.461 e. The van der Waals surface area contributed by atoms with Gasteiger partial charge in [-0.15, -0.1) is 0 Å². The van der Waals surface area contributed by atoms with E-state index in [0.717, 1.165) is 13.1 Å². The number of carbonyl (C=O) groups excluding carboxylic acids is 2. The van der Waals surface area contributed by atoms with Gasteiger partial charge in [0, 0.05) is 52.1 Å². The third-order valence-corrected chi connectivity index (χ3v) is 4.96. The molecule has 1 aliphatic rings. The van der Waals surface area contributed by atoms with Gasteiger partial charge >= 0.3 is 0 Å². The van der Waals surface area contributed by atoms with E-state index in [1.54, 1.807) is 18.4 Å². The van der Waals surface area contributed by atoms with Gasteiger partial charge in [-0.2, -0.15) is 4.98 Å². The second-order valence-electron chi connectivity index (χ2n) is 6.71. The second-order valence-corrected chi connectivity index (χ2v) is 6.71. The summed E-state index contributed by atoms with van der Waals surface area (Å²) >= 11 is 0. The lowest BCUT2D eigenvalue weighted by molar-refractivity contribution is -0.135. The zero-order valence-corrected chi connectivity index (χ0v) is 16.5. The first-order valence-corrected chi connectivity index (χ1v) is 9.75. The SMILES string of the molecule is CCN(CC)C(=O)CN1CCN(C(=O)CCc2nc(-c3ccco3)no2)CC1. The molecule has 0 spiro atoms. The van der Waals surface area contributed by atoms with Crippen molar-refractivity contribution in [3.8, 4) is 11.6 Å². The maximum atomic E-state index is 12.5. The predicted octanol–water partition coefficient (Wildman–Crippen LogP) is 1.27. The smallest absolute Gasteiger partial charge is 0.238 e. The third kappa shape index (κ3) is 4.98. The third-order valence-electron chi connectivity index (χ3n) is 4.96. The zero-order valence-electron chi connectivity index (χ0n) is 16.5. The number of rotatable bonds is 8. The fraction of sp³-hybridized carbons (Fsp3) is 0.579. The molecule has 1 fully saturated rings. The number of carbonyl (C=O) groups is 2. The Labute approximate surface area is 164 Å². The van der Waals surface area contributed by atoms with Crippen molar-refractivity contribution in [3.63, 3.8) is 0 Å². The Balaban J connectivity index is 1.41. The Morgan fingerprint density at radius 3 is 2.57 bits per heavy atom. The topological polar surface area (TPSA) is 95.9 Å². The van der Waals surface area contributed by atoms with Crippen molar-refractivity contribution in [3.05, 3.63) is 24.3 Å². The molecule has 0 radical (unpaired) electrons. The highest BCUT2D eigenvalue weighted by Gasteiger charge is 2.24. The van der Waals surface area contributed by atoms with E-state index < -0.39 is 0 Å². The van der Waals surface area contributed by atoms with Gasteiger partial charge in [0.1, 0.15) is 0 Å². The summed E-state index contributed by atoms with van der Waals surface area (Å²) in [6.45, 7) is 8.52. The zero-order chi connectivity index (χ0) is 19.9. The maximum Gasteiger partial charge on any atom is 0.238 e. The molecule has 152 valence electrons. The van der Waals surface area contributed by atoms with E-state index in [1.165, 1.54) is 0 Å². The van der Waals surface area contributed by atoms with Crippen LogP contribution in [0.1, 0.15) is 26.2 Å². The summed E-state index contributed by atoms with van der Waals surface area (Å²) in [5, 5.41) is 3.87. The van der Waals surface area contributed by atoms with E-state index in [-0.39, 0.29) is 11.8 Å². The first kappa shape index (κ1) is 20.1. The quantitative estimate of drug-likeness (QED) is 0.671. The largest absolute Gasteiger partial charge is 0.461 e. The average Bonchev–Trinajstić information content (AvgIpc) is 3.39. The van der Waals surface area contributed by atoms with E-state index in [1.807, 2.05) is 23.6 Å². The normalized spacial score (nSPS) is 15.0. The second kappa shape index (κ2) is 9.50. The lowest BCUT2D eigenvalue weighted by Crippen LogP contribution is -2.51. The van der Waals surface area contributed by atoms with Crippen LogP contribution in [0.15, 0.2) is 27.3 Å². The maximum absolute atomic E-state index is 12.5. The first-order valence-electron chi connectivity index (χ1n) is 9.75. The van der Waals surface area contributed by atoms with Gasteiger partial charge in [-0.05, 0) is 26.0 Å². The van der Waals surface area contributed by atoms with E-state index in [2.05, 4.69) is 15.0 Å². The standard InChI is InChI=1S/C19H27N5O4/c1-3-23(4-2)18(26)14-22-9-11-24(12-10-22)17(25)8-7-16-20-19(21-28-16)15-6-5-13-27-15/h5-6,13H,3-4,7-12,14H2,1-2H3. The van der Waals surface area contributed by atoms with Crippen LogP contribution in [-0.4, -0.2) is 82.5 Å². The Morgan fingerprint density at radius 2 is 1.93 bits per heavy atom. The highest BCUT2D eigenvalue weighted by atomic mass is 16.5. The Bertz CT molecular complexity index is 761. The molecule has 1 aliphatic heterocycles. The first-order chi connectivity index (χ1) is 13.6. The van der Waals surface area contributed by atoms with Gasteiger partial charge in [0.2, 0.25) is 23.5 Å². The molecule has 0 atom stereocenters. The lowest BCUT2D eigenvalue weighted by atomic mass is 10.2. The highest BCUT2D eigenvalue weighted by molar-refractivity contribution is 5.78. The number of piperazine rings is 1. The molecule has 28 heavy (non-hydrogen) atoms. The molecule has 0 unspecified atom stereocenters. The van der Waals surface area contributed by atoms with Crippen LogP contribution < -0.4 is 0 Å². The monoisotopic (exact) mass is 389 g/mol. The van der Waals surface area contributed by atoms with Crippen molar-refractivity contribution in [2.45, 2.75) is 26.7 Å². The number of aryl methyl sites for hydroxylation is 1. The van der Waals surface area contributed by atoms with Crippen molar-refractivity contribution in [2.75, 3.05) is 45.8 Å². The van der Waals surface area contributed by atoms with Crippen molar-refractivity contribution in [2.24, 2.45) is 0 Å². The molecule has 2 aromatic heterocycles. The van der Waals surface area contributed by atoms with Crippen molar-refractivity contribution >= 4 is 11.8 Å². The van der Waals surface area contributed by atoms with Crippen molar-refractivity contribution in [1.29, 1.82) is 0 Å². The molecule has 0 bridgehead atoms. The van der Waals surface area contributed by atoms with E-state index >= 15 is 0 Å². The molecule has 0 aromatic carbocycles. The van der Waals surface area contributed by atoms with Crippen LogP contribution in [0.2, 0.25) is 0 Å². The lowest BCUT2D eigenvalue weighted by Gasteiger charge is -2.35. The predicted molar refractivity (Wildman–Crippen MR) is 101 cm³/mol. The van der Waals surface area contributed by atoms with E-state index in [0.29, 0.717) is 63.0 Å². The molecule has 1 saturated heterocycles.